The van der Waals surface area contributed by atoms with E-state index in [1.807, 2.05) is 13.1 Å². The van der Waals surface area contributed by atoms with Gasteiger partial charge in [0.15, 0.2) is 0 Å². The molecule has 1 fully saturated rings. The summed E-state index contributed by atoms with van der Waals surface area (Å²) in [7, 11) is 1.88. The molecule has 1 aromatic carbocycles. The van der Waals surface area contributed by atoms with Gasteiger partial charge in [-0.15, -0.1) is 0 Å². The van der Waals surface area contributed by atoms with Crippen LogP contribution in [0.2, 0.25) is 0 Å². The highest BCUT2D eigenvalue weighted by atomic mass is 16.2. The average Bonchev–Trinajstić information content (AvgIpc) is 2.80. The summed E-state index contributed by atoms with van der Waals surface area (Å²) in [5, 5.41) is 5.25. The molecule has 2 aliphatic heterocycles. The van der Waals surface area contributed by atoms with Crippen LogP contribution in [0.1, 0.15) is 45.5 Å². The lowest BCUT2D eigenvalue weighted by Gasteiger charge is -2.27. The maximum absolute atomic E-state index is 12.6. The Kier molecular flexibility index (Phi) is 4.44. The van der Waals surface area contributed by atoms with Gasteiger partial charge in [-0.05, 0) is 50.6 Å². The number of fused-ring (bicyclic) bond motifs is 1. The highest BCUT2D eigenvalue weighted by molar-refractivity contribution is 6.23. The van der Waals surface area contributed by atoms with E-state index in [1.165, 1.54) is 0 Å². The van der Waals surface area contributed by atoms with Crippen LogP contribution in [0.3, 0.4) is 0 Å². The molecule has 0 aliphatic carbocycles. The van der Waals surface area contributed by atoms with Crippen LogP contribution in [0, 0.1) is 0 Å². The first-order valence-corrected chi connectivity index (χ1v) is 8.02. The number of aryl methyl sites for hydroxylation is 1. The van der Waals surface area contributed by atoms with Crippen LogP contribution >= 0.6 is 0 Å². The third-order valence-corrected chi connectivity index (χ3v) is 4.40. The Morgan fingerprint density at radius 1 is 1.17 bits per heavy atom. The summed E-state index contributed by atoms with van der Waals surface area (Å²) in [6.45, 7) is 0.867. The lowest BCUT2D eigenvalue weighted by Crippen LogP contribution is -2.54. The molecule has 7 heteroatoms. The summed E-state index contributed by atoms with van der Waals surface area (Å²) in [6, 6.07) is 4.31. The Morgan fingerprint density at radius 2 is 1.92 bits per heavy atom. The molecule has 0 spiro atoms. The van der Waals surface area contributed by atoms with Gasteiger partial charge >= 0.3 is 0 Å². The van der Waals surface area contributed by atoms with E-state index in [4.69, 9.17) is 0 Å². The molecule has 1 saturated heterocycles. The minimum Gasteiger partial charge on any atom is -0.320 e. The molecule has 2 aliphatic rings. The Balaban J connectivity index is 1.83. The summed E-state index contributed by atoms with van der Waals surface area (Å²) < 4.78 is 0. The Bertz CT molecular complexity index is 729. The van der Waals surface area contributed by atoms with Gasteiger partial charge < -0.3 is 5.32 Å². The summed E-state index contributed by atoms with van der Waals surface area (Å²) >= 11 is 0. The van der Waals surface area contributed by atoms with Crippen molar-refractivity contribution in [3.63, 3.8) is 0 Å². The number of carbonyl (C=O) groups is 4. The third kappa shape index (κ3) is 2.82. The van der Waals surface area contributed by atoms with E-state index < -0.39 is 23.8 Å². The van der Waals surface area contributed by atoms with E-state index in [1.54, 1.807) is 12.1 Å². The second-order valence-electron chi connectivity index (χ2n) is 6.03. The van der Waals surface area contributed by atoms with E-state index in [0.717, 1.165) is 29.8 Å². The molecular weight excluding hydrogens is 310 g/mol. The number of nitrogens with one attached hydrogen (secondary N) is 2. The standard InChI is InChI=1S/C17H19N3O4/c1-18-8-2-3-10-4-5-11-12(9-10)17(24)20(16(11)23)13-6-7-14(21)19-15(13)22/h4-5,9,13,18H,2-3,6-8H2,1H3,(H,19,21,22). The van der Waals surface area contributed by atoms with Crippen LogP contribution in [0.25, 0.3) is 0 Å². The van der Waals surface area contributed by atoms with Gasteiger partial charge in [0.1, 0.15) is 6.04 Å². The quantitative estimate of drug-likeness (QED) is 0.596. The maximum Gasteiger partial charge on any atom is 0.262 e. The fourth-order valence-corrected chi connectivity index (χ4v) is 3.14. The zero-order valence-corrected chi connectivity index (χ0v) is 13.4. The van der Waals surface area contributed by atoms with Crippen LogP contribution in [0.15, 0.2) is 18.2 Å². The molecule has 2 heterocycles. The number of hydrogen-bond acceptors (Lipinski definition) is 5. The van der Waals surface area contributed by atoms with Crippen LogP contribution < -0.4 is 10.6 Å². The molecular formula is C17H19N3O4. The predicted molar refractivity (Wildman–Crippen MR) is 85.4 cm³/mol. The molecule has 1 aromatic rings. The van der Waals surface area contributed by atoms with Crippen molar-refractivity contribution >= 4 is 23.6 Å². The molecule has 3 rings (SSSR count). The fraction of sp³-hybridized carbons (Fsp3) is 0.412. The molecule has 4 amide bonds. The first kappa shape index (κ1) is 16.3. The van der Waals surface area contributed by atoms with Crippen molar-refractivity contribution < 1.29 is 19.2 Å². The molecule has 126 valence electrons. The Morgan fingerprint density at radius 3 is 2.62 bits per heavy atom. The minimum absolute atomic E-state index is 0.124. The van der Waals surface area contributed by atoms with Gasteiger partial charge in [0, 0.05) is 6.42 Å². The molecule has 1 unspecified atom stereocenters. The molecule has 7 nitrogen and oxygen atoms in total. The molecule has 0 radical (unpaired) electrons. The summed E-state index contributed by atoms with van der Waals surface area (Å²) in [5.74, 6) is -1.89. The van der Waals surface area contributed by atoms with Crippen molar-refractivity contribution in [1.29, 1.82) is 0 Å². The molecule has 0 saturated carbocycles. The van der Waals surface area contributed by atoms with Crippen LogP contribution in [0.5, 0.6) is 0 Å². The van der Waals surface area contributed by atoms with Gasteiger partial charge in [0.2, 0.25) is 11.8 Å². The van der Waals surface area contributed by atoms with Crippen molar-refractivity contribution in [2.45, 2.75) is 31.7 Å². The van der Waals surface area contributed by atoms with Crippen LogP contribution in [-0.2, 0) is 16.0 Å². The second kappa shape index (κ2) is 6.52. The highest BCUT2D eigenvalue weighted by Crippen LogP contribution is 2.28. The number of rotatable bonds is 5. The molecule has 24 heavy (non-hydrogen) atoms. The van der Waals surface area contributed by atoms with Gasteiger partial charge in [-0.1, -0.05) is 6.07 Å². The van der Waals surface area contributed by atoms with Crippen molar-refractivity contribution in [3.05, 3.63) is 34.9 Å². The van der Waals surface area contributed by atoms with Crippen molar-refractivity contribution in [2.75, 3.05) is 13.6 Å². The normalized spacial score (nSPS) is 20.4. The predicted octanol–water partition coefficient (Wildman–Crippen LogP) is 0.240. The fourth-order valence-electron chi connectivity index (χ4n) is 3.14. The van der Waals surface area contributed by atoms with Crippen molar-refractivity contribution in [2.24, 2.45) is 0 Å². The monoisotopic (exact) mass is 329 g/mol. The number of hydrogen-bond donors (Lipinski definition) is 2. The zero-order chi connectivity index (χ0) is 17.3. The van der Waals surface area contributed by atoms with Crippen LogP contribution in [-0.4, -0.2) is 48.2 Å². The number of benzene rings is 1. The number of piperidine rings is 1. The second-order valence-corrected chi connectivity index (χ2v) is 6.03. The Labute approximate surface area is 139 Å². The summed E-state index contributed by atoms with van der Waals surface area (Å²) in [5.41, 5.74) is 1.64. The van der Waals surface area contributed by atoms with Crippen LogP contribution in [0.4, 0.5) is 0 Å². The maximum atomic E-state index is 12.6. The smallest absolute Gasteiger partial charge is 0.262 e. The first-order valence-electron chi connectivity index (χ1n) is 8.02. The average molecular weight is 329 g/mol. The molecule has 1 atom stereocenters. The molecule has 0 aromatic heterocycles. The molecule has 2 N–H and O–H groups in total. The number of carbonyl (C=O) groups excluding carboxylic acids is 4. The van der Waals surface area contributed by atoms with Crippen molar-refractivity contribution in [1.82, 2.24) is 15.5 Å². The van der Waals surface area contributed by atoms with Gasteiger partial charge in [-0.2, -0.15) is 0 Å². The van der Waals surface area contributed by atoms with Gasteiger partial charge in [-0.25, -0.2) is 0 Å². The number of imide groups is 2. The first-order chi connectivity index (χ1) is 11.5. The van der Waals surface area contributed by atoms with Crippen molar-refractivity contribution in [3.8, 4) is 0 Å². The zero-order valence-electron chi connectivity index (χ0n) is 13.4. The van der Waals surface area contributed by atoms with E-state index >= 15 is 0 Å². The van der Waals surface area contributed by atoms with Gasteiger partial charge in [0.25, 0.3) is 11.8 Å². The van der Waals surface area contributed by atoms with E-state index in [9.17, 15) is 19.2 Å². The summed E-state index contributed by atoms with van der Waals surface area (Å²) in [4.78, 5) is 49.4. The third-order valence-electron chi connectivity index (χ3n) is 4.40. The largest absolute Gasteiger partial charge is 0.320 e. The SMILES string of the molecule is CNCCCc1ccc2c(c1)C(=O)N(C1CCC(=O)NC1=O)C2=O. The van der Waals surface area contributed by atoms with Gasteiger partial charge in [0.05, 0.1) is 11.1 Å². The molecule has 0 bridgehead atoms. The lowest BCUT2D eigenvalue weighted by molar-refractivity contribution is -0.136. The highest BCUT2D eigenvalue weighted by Gasteiger charge is 2.44. The summed E-state index contributed by atoms with van der Waals surface area (Å²) in [6.07, 6.45) is 2.02. The Hall–Kier alpha value is -2.54. The van der Waals surface area contributed by atoms with E-state index in [-0.39, 0.29) is 18.7 Å². The lowest BCUT2D eigenvalue weighted by atomic mass is 10.0. The topological polar surface area (TPSA) is 95.6 Å². The number of amides is 4. The number of nitrogens with zero attached hydrogens (tertiary/aromatic N) is 1. The van der Waals surface area contributed by atoms with Gasteiger partial charge in [-0.3, -0.25) is 29.4 Å². The minimum atomic E-state index is -0.914. The van der Waals surface area contributed by atoms with E-state index in [2.05, 4.69) is 10.6 Å². The van der Waals surface area contributed by atoms with E-state index in [0.29, 0.717) is 11.1 Å².